The van der Waals surface area contributed by atoms with Crippen molar-refractivity contribution in [1.82, 2.24) is 4.37 Å². The normalized spacial score (nSPS) is 23.1. The first-order chi connectivity index (χ1) is 8.02. The maximum atomic E-state index is 9.10. The zero-order valence-corrected chi connectivity index (χ0v) is 11.5. The molecule has 1 aromatic rings. The molecule has 0 radical (unpaired) electrons. The monoisotopic (exact) mass is 249 g/mol. The summed E-state index contributed by atoms with van der Waals surface area (Å²) in [6.07, 6.45) is 4.95. The highest BCUT2D eigenvalue weighted by molar-refractivity contribution is 7.10. The number of aromatic nitrogens is 1. The van der Waals surface area contributed by atoms with Gasteiger partial charge in [0.25, 0.3) is 0 Å². The summed E-state index contributed by atoms with van der Waals surface area (Å²) >= 11 is 1.41. The molecule has 1 saturated carbocycles. The van der Waals surface area contributed by atoms with E-state index in [0.717, 1.165) is 16.3 Å². The van der Waals surface area contributed by atoms with Crippen LogP contribution in [0.4, 0.5) is 5.00 Å². The van der Waals surface area contributed by atoms with Crippen molar-refractivity contribution < 1.29 is 0 Å². The lowest BCUT2D eigenvalue weighted by Gasteiger charge is -2.35. The van der Waals surface area contributed by atoms with Crippen molar-refractivity contribution in [3.8, 4) is 6.07 Å². The van der Waals surface area contributed by atoms with Gasteiger partial charge in [-0.15, -0.1) is 0 Å². The average Bonchev–Trinajstić information content (AvgIpc) is 2.58. The summed E-state index contributed by atoms with van der Waals surface area (Å²) in [5.41, 5.74) is 1.98. The van der Waals surface area contributed by atoms with Gasteiger partial charge in [0.05, 0.1) is 5.69 Å². The van der Waals surface area contributed by atoms with Gasteiger partial charge < -0.3 is 5.32 Å². The first-order valence-corrected chi connectivity index (χ1v) is 6.92. The Morgan fingerprint density at radius 3 is 2.94 bits per heavy atom. The van der Waals surface area contributed by atoms with Crippen molar-refractivity contribution in [2.45, 2.75) is 52.5 Å². The molecule has 1 aromatic heterocycles. The highest BCUT2D eigenvalue weighted by atomic mass is 32.1. The van der Waals surface area contributed by atoms with Crippen molar-refractivity contribution >= 4 is 16.5 Å². The van der Waals surface area contributed by atoms with Crippen LogP contribution >= 0.6 is 11.5 Å². The van der Waals surface area contributed by atoms with Crippen LogP contribution in [0, 0.1) is 23.7 Å². The molecule has 1 heterocycles. The SMILES string of the molecule is Cc1nsc(NC2CCCC(C)(C)C2)c1C#N. The minimum atomic E-state index is 0.419. The molecule has 0 bridgehead atoms. The topological polar surface area (TPSA) is 48.7 Å². The summed E-state index contributed by atoms with van der Waals surface area (Å²) in [6.45, 7) is 6.54. The number of hydrogen-bond donors (Lipinski definition) is 1. The quantitative estimate of drug-likeness (QED) is 0.869. The Hall–Kier alpha value is -1.08. The Kier molecular flexibility index (Phi) is 3.39. The molecule has 3 nitrogen and oxygen atoms in total. The molecule has 92 valence electrons. The van der Waals surface area contributed by atoms with E-state index in [4.69, 9.17) is 5.26 Å². The second-order valence-corrected chi connectivity index (χ2v) is 6.46. The van der Waals surface area contributed by atoms with Gasteiger partial charge in [0.2, 0.25) is 0 Å². The molecule has 1 aliphatic carbocycles. The Bertz CT molecular complexity index is 442. The number of aryl methyl sites for hydroxylation is 1. The molecule has 2 rings (SSSR count). The summed E-state index contributed by atoms with van der Waals surface area (Å²) in [5, 5.41) is 13.6. The van der Waals surface area contributed by atoms with Crippen molar-refractivity contribution in [3.05, 3.63) is 11.3 Å². The van der Waals surface area contributed by atoms with Gasteiger partial charge in [-0.1, -0.05) is 20.3 Å². The summed E-state index contributed by atoms with van der Waals surface area (Å²) in [7, 11) is 0. The predicted molar refractivity (Wildman–Crippen MR) is 71.2 cm³/mol. The number of nitrogens with zero attached hydrogens (tertiary/aromatic N) is 2. The lowest BCUT2D eigenvalue weighted by Crippen LogP contribution is -2.31. The second kappa shape index (κ2) is 4.66. The molecule has 0 aromatic carbocycles. The minimum absolute atomic E-state index is 0.419. The van der Waals surface area contributed by atoms with E-state index in [1.165, 1.54) is 37.2 Å². The highest BCUT2D eigenvalue weighted by Gasteiger charge is 2.28. The van der Waals surface area contributed by atoms with E-state index in [9.17, 15) is 0 Å². The zero-order valence-electron chi connectivity index (χ0n) is 10.7. The summed E-state index contributed by atoms with van der Waals surface area (Å²) in [6, 6.07) is 2.73. The number of anilines is 1. The third-order valence-corrected chi connectivity index (χ3v) is 4.38. The second-order valence-electron chi connectivity index (χ2n) is 5.69. The molecular formula is C13H19N3S. The van der Waals surface area contributed by atoms with Crippen molar-refractivity contribution in [3.63, 3.8) is 0 Å². The molecule has 1 atom stereocenters. The molecule has 0 amide bonds. The van der Waals surface area contributed by atoms with E-state index in [1.54, 1.807) is 0 Å². The van der Waals surface area contributed by atoms with Gasteiger partial charge in [-0.25, -0.2) is 0 Å². The van der Waals surface area contributed by atoms with E-state index in [2.05, 4.69) is 29.6 Å². The van der Waals surface area contributed by atoms with Crippen molar-refractivity contribution in [2.24, 2.45) is 5.41 Å². The van der Waals surface area contributed by atoms with Gasteiger partial charge in [0.1, 0.15) is 16.6 Å². The van der Waals surface area contributed by atoms with E-state index >= 15 is 0 Å². The van der Waals surface area contributed by atoms with E-state index in [1.807, 2.05) is 6.92 Å². The zero-order chi connectivity index (χ0) is 12.5. The fourth-order valence-corrected chi connectivity index (χ4v) is 3.43. The molecule has 0 spiro atoms. The van der Waals surface area contributed by atoms with Gasteiger partial charge in [0.15, 0.2) is 0 Å². The molecule has 4 heteroatoms. The first kappa shape index (κ1) is 12.4. The Labute approximate surface area is 107 Å². The fraction of sp³-hybridized carbons (Fsp3) is 0.692. The largest absolute Gasteiger partial charge is 0.372 e. The number of hydrogen-bond acceptors (Lipinski definition) is 4. The van der Waals surface area contributed by atoms with Crippen LogP contribution in [0.5, 0.6) is 0 Å². The van der Waals surface area contributed by atoms with Gasteiger partial charge >= 0.3 is 0 Å². The molecule has 0 saturated heterocycles. The number of nitrogens with one attached hydrogen (secondary N) is 1. The Morgan fingerprint density at radius 2 is 2.29 bits per heavy atom. The van der Waals surface area contributed by atoms with Crippen LogP contribution in [-0.4, -0.2) is 10.4 Å². The first-order valence-electron chi connectivity index (χ1n) is 6.15. The maximum absolute atomic E-state index is 9.10. The van der Waals surface area contributed by atoms with Gasteiger partial charge in [0, 0.05) is 6.04 Å². The van der Waals surface area contributed by atoms with E-state index in [0.29, 0.717) is 11.5 Å². The van der Waals surface area contributed by atoms with Crippen LogP contribution in [0.2, 0.25) is 0 Å². The molecular weight excluding hydrogens is 230 g/mol. The molecule has 1 fully saturated rings. The van der Waals surface area contributed by atoms with E-state index < -0.39 is 0 Å². The maximum Gasteiger partial charge on any atom is 0.127 e. The third-order valence-electron chi connectivity index (χ3n) is 3.51. The van der Waals surface area contributed by atoms with Crippen molar-refractivity contribution in [1.29, 1.82) is 5.26 Å². The average molecular weight is 249 g/mol. The summed E-state index contributed by atoms with van der Waals surface area (Å²) in [5.74, 6) is 0. The predicted octanol–water partition coefficient (Wildman–Crippen LogP) is 3.70. The molecule has 1 N–H and O–H groups in total. The number of nitriles is 1. The number of rotatable bonds is 2. The Balaban J connectivity index is 2.08. The molecule has 1 aliphatic rings. The van der Waals surface area contributed by atoms with Crippen molar-refractivity contribution in [2.75, 3.05) is 5.32 Å². The lowest BCUT2D eigenvalue weighted by atomic mass is 9.75. The van der Waals surface area contributed by atoms with Crippen LogP contribution in [0.25, 0.3) is 0 Å². The molecule has 1 unspecified atom stereocenters. The molecule has 17 heavy (non-hydrogen) atoms. The smallest absolute Gasteiger partial charge is 0.127 e. The minimum Gasteiger partial charge on any atom is -0.372 e. The molecule has 0 aliphatic heterocycles. The van der Waals surface area contributed by atoms with Gasteiger partial charge in [-0.05, 0) is 43.1 Å². The lowest BCUT2D eigenvalue weighted by molar-refractivity contribution is 0.229. The van der Waals surface area contributed by atoms with Crippen LogP contribution < -0.4 is 5.32 Å². The standard InChI is InChI=1S/C13H19N3S/c1-9-11(8-14)12(17-16-9)15-10-5-4-6-13(2,3)7-10/h10,15H,4-7H2,1-3H3. The van der Waals surface area contributed by atoms with Crippen LogP contribution in [-0.2, 0) is 0 Å². The Morgan fingerprint density at radius 1 is 1.53 bits per heavy atom. The van der Waals surface area contributed by atoms with Gasteiger partial charge in [-0.2, -0.15) is 9.64 Å². The highest BCUT2D eigenvalue weighted by Crippen LogP contribution is 2.37. The third kappa shape index (κ3) is 2.78. The van der Waals surface area contributed by atoms with Crippen LogP contribution in [0.15, 0.2) is 0 Å². The van der Waals surface area contributed by atoms with Crippen LogP contribution in [0.3, 0.4) is 0 Å². The summed E-state index contributed by atoms with van der Waals surface area (Å²) in [4.78, 5) is 0. The van der Waals surface area contributed by atoms with E-state index in [-0.39, 0.29) is 0 Å². The fourth-order valence-electron chi connectivity index (χ4n) is 2.61. The van der Waals surface area contributed by atoms with Gasteiger partial charge in [-0.3, -0.25) is 0 Å². The summed E-state index contributed by atoms with van der Waals surface area (Å²) < 4.78 is 4.25. The van der Waals surface area contributed by atoms with Crippen LogP contribution in [0.1, 0.15) is 50.8 Å².